The Bertz CT molecular complexity index is 280. The van der Waals surface area contributed by atoms with Crippen molar-refractivity contribution < 1.29 is 0 Å². The van der Waals surface area contributed by atoms with E-state index in [1.807, 2.05) is 0 Å². The molecule has 0 aromatic rings. The van der Waals surface area contributed by atoms with Gasteiger partial charge < -0.3 is 0 Å². The van der Waals surface area contributed by atoms with Gasteiger partial charge in [-0.25, -0.2) is 0 Å². The highest BCUT2D eigenvalue weighted by Gasteiger charge is 2.67. The summed E-state index contributed by atoms with van der Waals surface area (Å²) in [5, 5.41) is 0. The molecule has 3 saturated carbocycles. The fraction of sp³-hybridized carbons (Fsp3) is 1.00. The third kappa shape index (κ3) is 1.34. The van der Waals surface area contributed by atoms with E-state index in [0.717, 1.165) is 16.2 Å². The second-order valence-electron chi connectivity index (χ2n) is 8.43. The number of hydrogen-bond acceptors (Lipinski definition) is 0. The fourth-order valence-corrected chi connectivity index (χ4v) is 6.31. The van der Waals surface area contributed by atoms with E-state index in [2.05, 4.69) is 27.7 Å². The molecule has 0 aliphatic heterocycles. The highest BCUT2D eigenvalue weighted by atomic mass is 14.7. The Labute approximate surface area is 101 Å². The summed E-state index contributed by atoms with van der Waals surface area (Å²) in [6.07, 6.45) is 12.2. The highest BCUT2D eigenvalue weighted by Crippen LogP contribution is 2.78. The SMILES string of the molecule is CCC1(CC)CC2(C1)CC1(CC(C)(C)C1)C2. The zero-order valence-electron chi connectivity index (χ0n) is 11.7. The lowest BCUT2D eigenvalue weighted by molar-refractivity contribution is -0.229. The van der Waals surface area contributed by atoms with Crippen LogP contribution >= 0.6 is 0 Å². The molecule has 0 atom stereocenters. The summed E-state index contributed by atoms with van der Waals surface area (Å²) in [4.78, 5) is 0. The Hall–Kier alpha value is 0. The number of rotatable bonds is 2. The molecule has 0 heteroatoms. The molecule has 3 fully saturated rings. The van der Waals surface area contributed by atoms with Gasteiger partial charge >= 0.3 is 0 Å². The Morgan fingerprint density at radius 2 is 1.12 bits per heavy atom. The maximum absolute atomic E-state index is 2.45. The molecule has 0 aromatic heterocycles. The van der Waals surface area contributed by atoms with Crippen LogP contribution in [0, 0.1) is 21.7 Å². The number of hydrogen-bond donors (Lipinski definition) is 0. The van der Waals surface area contributed by atoms with Crippen LogP contribution in [0.1, 0.15) is 79.1 Å². The van der Waals surface area contributed by atoms with Crippen molar-refractivity contribution in [1.82, 2.24) is 0 Å². The lowest BCUT2D eigenvalue weighted by atomic mass is 9.31. The van der Waals surface area contributed by atoms with E-state index in [1.54, 1.807) is 25.7 Å². The van der Waals surface area contributed by atoms with Crippen molar-refractivity contribution in [3.05, 3.63) is 0 Å². The first kappa shape index (κ1) is 11.1. The molecule has 16 heavy (non-hydrogen) atoms. The first-order valence-electron chi connectivity index (χ1n) is 7.36. The summed E-state index contributed by atoms with van der Waals surface area (Å²) in [7, 11) is 0. The molecular weight excluding hydrogens is 192 g/mol. The fourth-order valence-electron chi connectivity index (χ4n) is 6.31. The van der Waals surface area contributed by atoms with Gasteiger partial charge in [-0.3, -0.25) is 0 Å². The van der Waals surface area contributed by atoms with Crippen LogP contribution in [0.3, 0.4) is 0 Å². The minimum atomic E-state index is 0.679. The average molecular weight is 220 g/mol. The second kappa shape index (κ2) is 2.87. The molecule has 0 aromatic carbocycles. The Kier molecular flexibility index (Phi) is 1.99. The van der Waals surface area contributed by atoms with Crippen LogP contribution in [0.4, 0.5) is 0 Å². The van der Waals surface area contributed by atoms with E-state index in [0.29, 0.717) is 5.41 Å². The first-order valence-corrected chi connectivity index (χ1v) is 7.36. The Morgan fingerprint density at radius 3 is 1.50 bits per heavy atom. The van der Waals surface area contributed by atoms with Gasteiger partial charge in [0.1, 0.15) is 0 Å². The zero-order chi connectivity index (χ0) is 11.7. The van der Waals surface area contributed by atoms with Crippen molar-refractivity contribution in [1.29, 1.82) is 0 Å². The molecule has 0 amide bonds. The summed E-state index contributed by atoms with van der Waals surface area (Å²) in [6, 6.07) is 0. The van der Waals surface area contributed by atoms with Crippen LogP contribution in [-0.2, 0) is 0 Å². The predicted molar refractivity (Wildman–Crippen MR) is 69.4 cm³/mol. The lowest BCUT2D eigenvalue weighted by Gasteiger charge is -2.73. The van der Waals surface area contributed by atoms with Crippen LogP contribution in [-0.4, -0.2) is 0 Å². The first-order chi connectivity index (χ1) is 7.36. The summed E-state index contributed by atoms with van der Waals surface area (Å²) < 4.78 is 0. The minimum Gasteiger partial charge on any atom is -0.0649 e. The van der Waals surface area contributed by atoms with Crippen molar-refractivity contribution in [2.24, 2.45) is 21.7 Å². The van der Waals surface area contributed by atoms with Crippen LogP contribution < -0.4 is 0 Å². The average Bonchev–Trinajstić information content (AvgIpc) is 2.05. The van der Waals surface area contributed by atoms with E-state index in [4.69, 9.17) is 0 Å². The lowest BCUT2D eigenvalue weighted by Crippen LogP contribution is -2.63. The quantitative estimate of drug-likeness (QED) is 0.602. The predicted octanol–water partition coefficient (Wildman–Crippen LogP) is 5.17. The van der Waals surface area contributed by atoms with E-state index in [-0.39, 0.29) is 0 Å². The van der Waals surface area contributed by atoms with Gasteiger partial charge in [-0.05, 0) is 60.2 Å². The smallest absolute Gasteiger partial charge is 0.0276 e. The van der Waals surface area contributed by atoms with Gasteiger partial charge in [0.15, 0.2) is 0 Å². The largest absolute Gasteiger partial charge is 0.0649 e. The van der Waals surface area contributed by atoms with Crippen molar-refractivity contribution in [3.63, 3.8) is 0 Å². The molecule has 2 spiro atoms. The molecule has 92 valence electrons. The van der Waals surface area contributed by atoms with Crippen molar-refractivity contribution >= 4 is 0 Å². The summed E-state index contributed by atoms with van der Waals surface area (Å²) >= 11 is 0. The molecule has 0 unspecified atom stereocenters. The van der Waals surface area contributed by atoms with Gasteiger partial charge in [-0.2, -0.15) is 0 Å². The minimum absolute atomic E-state index is 0.679. The standard InChI is InChI=1S/C16H28/c1-5-14(6-2)9-16(10-14)11-15(12-16)7-13(3,4)8-15/h5-12H2,1-4H3. The van der Waals surface area contributed by atoms with Crippen LogP contribution in [0.15, 0.2) is 0 Å². The maximum atomic E-state index is 2.45. The molecule has 0 bridgehead atoms. The zero-order valence-corrected chi connectivity index (χ0v) is 11.7. The van der Waals surface area contributed by atoms with Crippen molar-refractivity contribution in [3.8, 4) is 0 Å². The maximum Gasteiger partial charge on any atom is -0.0276 e. The van der Waals surface area contributed by atoms with Crippen molar-refractivity contribution in [2.45, 2.75) is 79.1 Å². The van der Waals surface area contributed by atoms with E-state index < -0.39 is 0 Å². The third-order valence-corrected chi connectivity index (χ3v) is 6.21. The molecule has 3 aliphatic rings. The highest BCUT2D eigenvalue weighted by molar-refractivity contribution is 5.18. The molecule has 0 heterocycles. The van der Waals surface area contributed by atoms with Gasteiger partial charge in [0.05, 0.1) is 0 Å². The van der Waals surface area contributed by atoms with E-state index in [1.165, 1.54) is 25.7 Å². The third-order valence-electron chi connectivity index (χ3n) is 6.21. The molecule has 0 radical (unpaired) electrons. The molecule has 0 saturated heterocycles. The summed E-state index contributed by atoms with van der Waals surface area (Å²) in [6.45, 7) is 9.70. The Morgan fingerprint density at radius 1 is 0.688 bits per heavy atom. The van der Waals surface area contributed by atoms with E-state index >= 15 is 0 Å². The normalized spacial score (nSPS) is 35.2. The summed E-state index contributed by atoms with van der Waals surface area (Å²) in [5.41, 5.74) is 3.11. The molecule has 3 rings (SSSR count). The topological polar surface area (TPSA) is 0 Å². The van der Waals surface area contributed by atoms with E-state index in [9.17, 15) is 0 Å². The monoisotopic (exact) mass is 220 g/mol. The summed E-state index contributed by atoms with van der Waals surface area (Å²) in [5.74, 6) is 0. The van der Waals surface area contributed by atoms with Crippen LogP contribution in [0.5, 0.6) is 0 Å². The van der Waals surface area contributed by atoms with Crippen molar-refractivity contribution in [2.75, 3.05) is 0 Å². The van der Waals surface area contributed by atoms with Crippen LogP contribution in [0.25, 0.3) is 0 Å². The van der Waals surface area contributed by atoms with Crippen LogP contribution in [0.2, 0.25) is 0 Å². The second-order valence-corrected chi connectivity index (χ2v) is 8.43. The van der Waals surface area contributed by atoms with Gasteiger partial charge in [0.2, 0.25) is 0 Å². The van der Waals surface area contributed by atoms with Gasteiger partial charge in [0, 0.05) is 0 Å². The van der Waals surface area contributed by atoms with Gasteiger partial charge in [-0.15, -0.1) is 0 Å². The molecule has 0 nitrogen and oxygen atoms in total. The molecule has 3 aliphatic carbocycles. The Balaban J connectivity index is 1.56. The molecular formula is C16H28. The molecule has 0 N–H and O–H groups in total. The van der Waals surface area contributed by atoms with Gasteiger partial charge in [-0.1, -0.05) is 40.5 Å². The van der Waals surface area contributed by atoms with Gasteiger partial charge in [0.25, 0.3) is 0 Å².